The standard InChI is InChI=1S/C7H15ClN.ClH/c1-5-6-7(8)9(2,3)4;/h6H,5H2,1-4H3;1H/q+1;/p-1. The van der Waals surface area contributed by atoms with Crippen LogP contribution >= 0.6 is 11.6 Å². The van der Waals surface area contributed by atoms with Crippen molar-refractivity contribution in [3.63, 3.8) is 0 Å². The van der Waals surface area contributed by atoms with Gasteiger partial charge in [-0.25, -0.2) is 0 Å². The van der Waals surface area contributed by atoms with Gasteiger partial charge >= 0.3 is 0 Å². The van der Waals surface area contributed by atoms with Gasteiger partial charge in [0.05, 0.1) is 21.1 Å². The van der Waals surface area contributed by atoms with Crippen molar-refractivity contribution in [2.75, 3.05) is 21.1 Å². The largest absolute Gasteiger partial charge is 1.00 e. The van der Waals surface area contributed by atoms with Crippen LogP contribution in [-0.2, 0) is 0 Å². The summed E-state index contributed by atoms with van der Waals surface area (Å²) < 4.78 is 0.718. The zero-order valence-electron chi connectivity index (χ0n) is 6.99. The van der Waals surface area contributed by atoms with Gasteiger partial charge in [-0.05, 0) is 24.1 Å². The maximum absolute atomic E-state index is 5.89. The first-order chi connectivity index (χ1) is 3.98. The van der Waals surface area contributed by atoms with Gasteiger partial charge in [0, 0.05) is 0 Å². The van der Waals surface area contributed by atoms with Gasteiger partial charge in [-0.2, -0.15) is 0 Å². The van der Waals surface area contributed by atoms with E-state index >= 15 is 0 Å². The molecule has 0 aromatic rings. The number of rotatable bonds is 2. The third-order valence-electron chi connectivity index (χ3n) is 1.01. The predicted octanol–water partition coefficient (Wildman–Crippen LogP) is -0.813. The maximum Gasteiger partial charge on any atom is 0.196 e. The Morgan fingerprint density at radius 3 is 1.90 bits per heavy atom. The van der Waals surface area contributed by atoms with Crippen molar-refractivity contribution >= 4 is 11.6 Å². The summed E-state index contributed by atoms with van der Waals surface area (Å²) in [6, 6.07) is 0. The van der Waals surface area contributed by atoms with E-state index in [-0.39, 0.29) is 12.4 Å². The molecule has 0 aliphatic carbocycles. The summed E-state index contributed by atoms with van der Waals surface area (Å²) in [4.78, 5) is 0. The monoisotopic (exact) mass is 183 g/mol. The highest BCUT2D eigenvalue weighted by molar-refractivity contribution is 6.28. The second-order valence-corrected chi connectivity index (χ2v) is 3.33. The molecule has 0 amide bonds. The molecule has 0 heterocycles. The molecular formula is C7H15Cl2N. The minimum Gasteiger partial charge on any atom is -1.00 e. The van der Waals surface area contributed by atoms with Crippen molar-refractivity contribution in [2.24, 2.45) is 0 Å². The van der Waals surface area contributed by atoms with E-state index in [4.69, 9.17) is 11.6 Å². The van der Waals surface area contributed by atoms with E-state index in [2.05, 4.69) is 28.1 Å². The Labute approximate surface area is 74.7 Å². The molecule has 0 atom stereocenters. The molecule has 0 fully saturated rings. The predicted molar refractivity (Wildman–Crippen MR) is 42.3 cm³/mol. The smallest absolute Gasteiger partial charge is 0.196 e. The molecule has 0 spiro atoms. The lowest BCUT2D eigenvalue weighted by Crippen LogP contribution is -3.00. The zero-order chi connectivity index (χ0) is 7.49. The SMILES string of the molecule is CCC=C(Cl)[N+](C)(C)C.[Cl-]. The van der Waals surface area contributed by atoms with E-state index in [1.165, 1.54) is 0 Å². The van der Waals surface area contributed by atoms with Gasteiger partial charge in [-0.3, -0.25) is 4.48 Å². The van der Waals surface area contributed by atoms with Crippen LogP contribution in [0.4, 0.5) is 0 Å². The molecule has 0 N–H and O–H groups in total. The molecule has 1 nitrogen and oxygen atoms in total. The molecule has 0 saturated carbocycles. The van der Waals surface area contributed by atoms with Crippen molar-refractivity contribution in [1.29, 1.82) is 0 Å². The minimum atomic E-state index is 0. The Kier molecular flexibility index (Phi) is 6.46. The first-order valence-electron chi connectivity index (χ1n) is 3.16. The normalized spacial score (nSPS) is 12.7. The van der Waals surface area contributed by atoms with Crippen molar-refractivity contribution in [3.05, 3.63) is 11.2 Å². The fraction of sp³-hybridized carbons (Fsp3) is 0.714. The quantitative estimate of drug-likeness (QED) is 0.389. The van der Waals surface area contributed by atoms with Gasteiger partial charge in [-0.1, -0.05) is 6.92 Å². The molecule has 0 bridgehead atoms. The van der Waals surface area contributed by atoms with Gasteiger partial charge in [-0.15, -0.1) is 0 Å². The van der Waals surface area contributed by atoms with Gasteiger partial charge in [0.15, 0.2) is 5.16 Å². The summed E-state index contributed by atoms with van der Waals surface area (Å²) in [6.07, 6.45) is 3.04. The number of nitrogens with zero attached hydrogens (tertiary/aromatic N) is 1. The second kappa shape index (κ2) is 5.00. The first kappa shape index (κ1) is 12.9. The molecule has 62 valence electrons. The lowest BCUT2D eigenvalue weighted by Gasteiger charge is -2.21. The Morgan fingerprint density at radius 2 is 1.80 bits per heavy atom. The van der Waals surface area contributed by atoms with Crippen LogP contribution in [-0.4, -0.2) is 25.6 Å². The van der Waals surface area contributed by atoms with Crippen molar-refractivity contribution in [1.82, 2.24) is 0 Å². The number of hydrogen-bond acceptors (Lipinski definition) is 0. The summed E-state index contributed by atoms with van der Waals surface area (Å²) in [5.74, 6) is 0. The summed E-state index contributed by atoms with van der Waals surface area (Å²) in [5.41, 5.74) is 0. The minimum absolute atomic E-state index is 0. The summed E-state index contributed by atoms with van der Waals surface area (Å²) in [7, 11) is 6.15. The molecule has 3 heteroatoms. The van der Waals surface area contributed by atoms with Crippen molar-refractivity contribution in [2.45, 2.75) is 13.3 Å². The molecule has 0 aliphatic rings. The van der Waals surface area contributed by atoms with Crippen LogP contribution in [0.2, 0.25) is 0 Å². The van der Waals surface area contributed by atoms with Crippen LogP contribution in [0.5, 0.6) is 0 Å². The van der Waals surface area contributed by atoms with Gasteiger partial charge in [0.1, 0.15) is 0 Å². The molecule has 0 aliphatic heterocycles. The molecule has 10 heavy (non-hydrogen) atoms. The van der Waals surface area contributed by atoms with Crippen LogP contribution in [0.25, 0.3) is 0 Å². The van der Waals surface area contributed by atoms with Crippen LogP contribution in [0.15, 0.2) is 11.2 Å². The maximum atomic E-state index is 5.89. The molecule has 0 aromatic heterocycles. The van der Waals surface area contributed by atoms with Crippen LogP contribution < -0.4 is 12.4 Å². The average Bonchev–Trinajstić information content (AvgIpc) is 1.64. The summed E-state index contributed by atoms with van der Waals surface area (Å²) >= 11 is 5.89. The zero-order valence-corrected chi connectivity index (χ0v) is 8.50. The van der Waals surface area contributed by atoms with Gasteiger partial charge < -0.3 is 12.4 Å². The molecule has 0 aromatic carbocycles. The van der Waals surface area contributed by atoms with E-state index in [0.29, 0.717) is 0 Å². The molecule has 0 saturated heterocycles. The number of allylic oxidation sites excluding steroid dienone is 1. The van der Waals surface area contributed by atoms with E-state index in [0.717, 1.165) is 16.1 Å². The number of quaternary nitrogens is 1. The highest BCUT2D eigenvalue weighted by Gasteiger charge is 2.10. The number of hydrogen-bond donors (Lipinski definition) is 0. The topological polar surface area (TPSA) is 0 Å². The van der Waals surface area contributed by atoms with Crippen LogP contribution in [0.3, 0.4) is 0 Å². The Balaban J connectivity index is 0. The molecule has 0 radical (unpaired) electrons. The molecule has 0 rings (SSSR count). The summed E-state index contributed by atoms with van der Waals surface area (Å²) in [5, 5.41) is 0.900. The Hall–Kier alpha value is 0.280. The van der Waals surface area contributed by atoms with Crippen LogP contribution in [0, 0.1) is 0 Å². The van der Waals surface area contributed by atoms with E-state index in [9.17, 15) is 0 Å². The average molecular weight is 184 g/mol. The van der Waals surface area contributed by atoms with Crippen molar-refractivity contribution in [3.8, 4) is 0 Å². The number of halogens is 2. The Bertz CT molecular complexity index is 113. The fourth-order valence-corrected chi connectivity index (χ4v) is 0.597. The highest BCUT2D eigenvalue weighted by Crippen LogP contribution is 2.12. The third-order valence-corrected chi connectivity index (χ3v) is 1.67. The van der Waals surface area contributed by atoms with E-state index in [1.54, 1.807) is 0 Å². The lowest BCUT2D eigenvalue weighted by atomic mass is 10.4. The molecule has 0 unspecified atom stereocenters. The van der Waals surface area contributed by atoms with E-state index in [1.807, 2.05) is 6.08 Å². The third kappa shape index (κ3) is 5.10. The van der Waals surface area contributed by atoms with Crippen molar-refractivity contribution < 1.29 is 16.9 Å². The lowest BCUT2D eigenvalue weighted by molar-refractivity contribution is -0.824. The summed E-state index contributed by atoms with van der Waals surface area (Å²) in [6.45, 7) is 2.08. The van der Waals surface area contributed by atoms with Gasteiger partial charge in [0.2, 0.25) is 0 Å². The van der Waals surface area contributed by atoms with Crippen LogP contribution in [0.1, 0.15) is 13.3 Å². The van der Waals surface area contributed by atoms with E-state index < -0.39 is 0 Å². The second-order valence-electron chi connectivity index (χ2n) is 2.95. The molecular weight excluding hydrogens is 169 g/mol. The highest BCUT2D eigenvalue weighted by atomic mass is 35.5. The fourth-order valence-electron chi connectivity index (χ4n) is 0.442. The van der Waals surface area contributed by atoms with Gasteiger partial charge in [0.25, 0.3) is 0 Å². The Morgan fingerprint density at radius 1 is 1.40 bits per heavy atom. The first-order valence-corrected chi connectivity index (χ1v) is 3.54.